The van der Waals surface area contributed by atoms with Gasteiger partial charge in [0.1, 0.15) is 6.61 Å². The topological polar surface area (TPSA) is 32.8 Å². The zero-order valence-corrected chi connectivity index (χ0v) is 14.2. The van der Waals surface area contributed by atoms with Crippen LogP contribution in [0.5, 0.6) is 0 Å². The van der Waals surface area contributed by atoms with E-state index in [4.69, 9.17) is 4.74 Å². The normalized spacial score (nSPS) is 25.7. The molecule has 2 fully saturated rings. The average molecular weight is 338 g/mol. The van der Waals surface area contributed by atoms with Crippen molar-refractivity contribution in [3.63, 3.8) is 0 Å². The van der Waals surface area contributed by atoms with E-state index in [1.807, 2.05) is 18.7 Å². The van der Waals surface area contributed by atoms with Gasteiger partial charge < -0.3 is 9.64 Å². The summed E-state index contributed by atoms with van der Waals surface area (Å²) in [6.45, 7) is 7.21. The molecule has 1 aromatic carbocycles. The molecule has 3 rings (SSSR count). The molecule has 0 saturated carbocycles. The molecule has 2 saturated heterocycles. The molecule has 0 N–H and O–H groups in total. The summed E-state index contributed by atoms with van der Waals surface area (Å²) >= 11 is 0. The van der Waals surface area contributed by atoms with Gasteiger partial charge in [-0.2, -0.15) is 0 Å². The SMILES string of the molecule is CC(C)N1CC2(CCN(Cc3cccc(F)c3F)C2)COCC1=O. The van der Waals surface area contributed by atoms with E-state index in [1.165, 1.54) is 6.07 Å². The van der Waals surface area contributed by atoms with Gasteiger partial charge in [0, 0.05) is 36.7 Å². The molecule has 1 atom stereocenters. The average Bonchev–Trinajstić information content (AvgIpc) is 2.84. The third-order valence-electron chi connectivity index (χ3n) is 5.03. The second kappa shape index (κ2) is 6.76. The molecule has 2 aliphatic rings. The summed E-state index contributed by atoms with van der Waals surface area (Å²) in [6.07, 6.45) is 0.889. The minimum absolute atomic E-state index is 0.0245. The van der Waals surface area contributed by atoms with Crippen molar-refractivity contribution in [2.75, 3.05) is 32.8 Å². The first-order chi connectivity index (χ1) is 11.4. The Morgan fingerprint density at radius 1 is 1.29 bits per heavy atom. The summed E-state index contributed by atoms with van der Waals surface area (Å²) in [4.78, 5) is 16.1. The van der Waals surface area contributed by atoms with Crippen LogP contribution in [0.1, 0.15) is 25.8 Å². The number of benzene rings is 1. The zero-order chi connectivity index (χ0) is 17.3. The Kier molecular flexibility index (Phi) is 4.88. The van der Waals surface area contributed by atoms with Gasteiger partial charge in [-0.25, -0.2) is 8.78 Å². The van der Waals surface area contributed by atoms with Gasteiger partial charge in [0.05, 0.1) is 6.61 Å². The molecule has 0 aromatic heterocycles. The van der Waals surface area contributed by atoms with Crippen LogP contribution < -0.4 is 0 Å². The number of rotatable bonds is 3. The highest BCUT2D eigenvalue weighted by Crippen LogP contribution is 2.35. The van der Waals surface area contributed by atoms with E-state index >= 15 is 0 Å². The van der Waals surface area contributed by atoms with Crippen LogP contribution in [0.2, 0.25) is 0 Å². The summed E-state index contributed by atoms with van der Waals surface area (Å²) < 4.78 is 32.9. The number of carbonyl (C=O) groups excluding carboxylic acids is 1. The fourth-order valence-electron chi connectivity index (χ4n) is 3.72. The van der Waals surface area contributed by atoms with E-state index in [-0.39, 0.29) is 24.0 Å². The largest absolute Gasteiger partial charge is 0.371 e. The van der Waals surface area contributed by atoms with Gasteiger partial charge in [0.2, 0.25) is 5.91 Å². The molecule has 132 valence electrons. The minimum Gasteiger partial charge on any atom is -0.371 e. The number of carbonyl (C=O) groups is 1. The van der Waals surface area contributed by atoms with Crippen LogP contribution >= 0.6 is 0 Å². The lowest BCUT2D eigenvalue weighted by Crippen LogP contribution is -2.45. The van der Waals surface area contributed by atoms with Gasteiger partial charge in [-0.15, -0.1) is 0 Å². The first-order valence-electron chi connectivity index (χ1n) is 8.43. The molecule has 1 amide bonds. The van der Waals surface area contributed by atoms with E-state index in [1.54, 1.807) is 6.07 Å². The second-order valence-corrected chi connectivity index (χ2v) is 7.28. The molecule has 1 unspecified atom stereocenters. The van der Waals surface area contributed by atoms with Gasteiger partial charge >= 0.3 is 0 Å². The quantitative estimate of drug-likeness (QED) is 0.849. The molecule has 24 heavy (non-hydrogen) atoms. The van der Waals surface area contributed by atoms with Crippen molar-refractivity contribution in [1.82, 2.24) is 9.80 Å². The molecule has 0 bridgehead atoms. The Morgan fingerprint density at radius 2 is 2.08 bits per heavy atom. The Hall–Kier alpha value is -1.53. The zero-order valence-electron chi connectivity index (χ0n) is 14.2. The number of amides is 1. The maximum absolute atomic E-state index is 13.9. The van der Waals surface area contributed by atoms with Crippen molar-refractivity contribution in [3.05, 3.63) is 35.4 Å². The van der Waals surface area contributed by atoms with Crippen molar-refractivity contribution < 1.29 is 18.3 Å². The molecule has 0 radical (unpaired) electrons. The molecule has 2 aliphatic heterocycles. The maximum atomic E-state index is 13.9. The first kappa shape index (κ1) is 17.3. The van der Waals surface area contributed by atoms with E-state index in [0.29, 0.717) is 25.3 Å². The lowest BCUT2D eigenvalue weighted by atomic mass is 9.87. The number of likely N-dealkylation sites (tertiary alicyclic amines) is 1. The monoisotopic (exact) mass is 338 g/mol. The molecular weight excluding hydrogens is 314 g/mol. The van der Waals surface area contributed by atoms with E-state index in [2.05, 4.69) is 4.90 Å². The highest BCUT2D eigenvalue weighted by molar-refractivity contribution is 5.78. The standard InChI is InChI=1S/C18H24F2N2O2/c1-13(2)22-11-18(12-24-9-16(22)23)6-7-21(10-18)8-14-4-3-5-15(19)17(14)20/h3-5,13H,6-12H2,1-2H3. The summed E-state index contributed by atoms with van der Waals surface area (Å²) in [6, 6.07) is 4.42. The number of nitrogens with zero attached hydrogens (tertiary/aromatic N) is 2. The van der Waals surface area contributed by atoms with Gasteiger partial charge in [-0.3, -0.25) is 9.69 Å². The van der Waals surface area contributed by atoms with Crippen molar-refractivity contribution in [3.8, 4) is 0 Å². The van der Waals surface area contributed by atoms with Gasteiger partial charge in [0.25, 0.3) is 0 Å². The second-order valence-electron chi connectivity index (χ2n) is 7.28. The van der Waals surface area contributed by atoms with Gasteiger partial charge in [-0.1, -0.05) is 12.1 Å². The predicted molar refractivity (Wildman–Crippen MR) is 86.4 cm³/mol. The molecule has 0 aliphatic carbocycles. The van der Waals surface area contributed by atoms with E-state index in [9.17, 15) is 13.6 Å². The Bertz CT molecular complexity index is 623. The van der Waals surface area contributed by atoms with Crippen LogP contribution in [0.25, 0.3) is 0 Å². The molecule has 6 heteroatoms. The first-order valence-corrected chi connectivity index (χ1v) is 8.43. The van der Waals surface area contributed by atoms with Crippen molar-refractivity contribution in [2.24, 2.45) is 5.41 Å². The summed E-state index contributed by atoms with van der Waals surface area (Å²) in [5.74, 6) is -1.55. The third-order valence-corrected chi connectivity index (χ3v) is 5.03. The van der Waals surface area contributed by atoms with E-state index < -0.39 is 11.6 Å². The van der Waals surface area contributed by atoms with Crippen LogP contribution in [-0.2, 0) is 16.1 Å². The predicted octanol–water partition coefficient (Wildman–Crippen LogP) is 2.42. The number of halogens is 2. The van der Waals surface area contributed by atoms with Gasteiger partial charge in [0.15, 0.2) is 11.6 Å². The van der Waals surface area contributed by atoms with Crippen LogP contribution in [0.4, 0.5) is 8.78 Å². The highest BCUT2D eigenvalue weighted by Gasteiger charge is 2.43. The molecular formula is C18H24F2N2O2. The Labute approximate surface area is 141 Å². The molecule has 4 nitrogen and oxygen atoms in total. The smallest absolute Gasteiger partial charge is 0.248 e. The Balaban J connectivity index is 1.71. The van der Waals surface area contributed by atoms with Crippen molar-refractivity contribution >= 4 is 5.91 Å². The Morgan fingerprint density at radius 3 is 2.83 bits per heavy atom. The van der Waals surface area contributed by atoms with Crippen LogP contribution in [0.3, 0.4) is 0 Å². The molecule has 1 spiro atoms. The third kappa shape index (κ3) is 3.44. The highest BCUT2D eigenvalue weighted by atomic mass is 19.2. The van der Waals surface area contributed by atoms with E-state index in [0.717, 1.165) is 25.6 Å². The van der Waals surface area contributed by atoms with Crippen LogP contribution in [0, 0.1) is 17.0 Å². The van der Waals surface area contributed by atoms with Crippen molar-refractivity contribution in [1.29, 1.82) is 0 Å². The lowest BCUT2D eigenvalue weighted by molar-refractivity contribution is -0.135. The minimum atomic E-state index is -0.809. The molecule has 1 aromatic rings. The van der Waals surface area contributed by atoms with Gasteiger partial charge in [-0.05, 0) is 32.9 Å². The van der Waals surface area contributed by atoms with Crippen LogP contribution in [0.15, 0.2) is 18.2 Å². The molecule has 2 heterocycles. The lowest BCUT2D eigenvalue weighted by Gasteiger charge is -2.34. The summed E-state index contributed by atoms with van der Waals surface area (Å²) in [7, 11) is 0. The van der Waals surface area contributed by atoms with Crippen molar-refractivity contribution in [2.45, 2.75) is 32.9 Å². The number of hydrogen-bond donors (Lipinski definition) is 0. The number of hydrogen-bond acceptors (Lipinski definition) is 3. The fourth-order valence-corrected chi connectivity index (χ4v) is 3.72. The number of ether oxygens (including phenoxy) is 1. The van der Waals surface area contributed by atoms with Crippen LogP contribution in [-0.4, -0.2) is 54.6 Å². The maximum Gasteiger partial charge on any atom is 0.248 e. The summed E-state index contributed by atoms with van der Waals surface area (Å²) in [5.41, 5.74) is 0.249. The summed E-state index contributed by atoms with van der Waals surface area (Å²) in [5, 5.41) is 0. The fraction of sp³-hybridized carbons (Fsp3) is 0.611.